The Labute approximate surface area is 335 Å². The molecule has 3 rings (SSSR count). The third-order valence-corrected chi connectivity index (χ3v) is 9.94. The number of rotatable bonds is 26. The van der Waals surface area contributed by atoms with Crippen LogP contribution in [-0.2, 0) is 58.9 Å². The topological polar surface area (TPSA) is 234 Å². The monoisotopic (exact) mass is 812 g/mol. The molecule has 0 unspecified atom stereocenters. The van der Waals surface area contributed by atoms with Gasteiger partial charge in [0, 0.05) is 12.8 Å². The molecule has 16 nitrogen and oxygen atoms in total. The first-order valence-electron chi connectivity index (χ1n) is 20.5. The fourth-order valence-corrected chi connectivity index (χ4v) is 6.59. The van der Waals surface area contributed by atoms with E-state index in [-0.39, 0.29) is 19.4 Å². The van der Waals surface area contributed by atoms with Gasteiger partial charge in [0.05, 0.1) is 26.1 Å². The second-order valence-electron chi connectivity index (χ2n) is 14.6. The lowest BCUT2D eigenvalue weighted by atomic mass is 9.97. The molecule has 0 radical (unpaired) electrons. The normalized spacial score (nSPS) is 27.4. The second kappa shape index (κ2) is 26.7. The van der Waals surface area contributed by atoms with Gasteiger partial charge in [0.2, 0.25) is 6.29 Å². The average molecular weight is 813 g/mol. The molecular formula is C41H64O16. The van der Waals surface area contributed by atoms with E-state index in [1.807, 2.05) is 6.07 Å². The van der Waals surface area contributed by atoms with Gasteiger partial charge in [0.25, 0.3) is 0 Å². The molecule has 2 aliphatic heterocycles. The number of esters is 4. The van der Waals surface area contributed by atoms with E-state index < -0.39 is 111 Å². The molecular weight excluding hydrogens is 748 g/mol. The Morgan fingerprint density at radius 1 is 0.544 bits per heavy atom. The number of carbonyl (C=O) groups excluding carboxylic acids is 4. The zero-order valence-corrected chi connectivity index (χ0v) is 33.3. The highest BCUT2D eigenvalue weighted by Gasteiger charge is 2.55. The van der Waals surface area contributed by atoms with E-state index in [0.717, 1.165) is 69.8 Å². The number of hydrogen-bond acceptors (Lipinski definition) is 16. The molecule has 0 saturated carbocycles. The van der Waals surface area contributed by atoms with Crippen LogP contribution >= 0.6 is 0 Å². The van der Waals surface area contributed by atoms with Crippen LogP contribution < -0.4 is 0 Å². The van der Waals surface area contributed by atoms with Crippen LogP contribution in [0.2, 0.25) is 0 Å². The molecule has 2 saturated heterocycles. The third-order valence-electron chi connectivity index (χ3n) is 9.94. The predicted octanol–water partition coefficient (Wildman–Crippen LogP) is 3.28. The van der Waals surface area contributed by atoms with Gasteiger partial charge in [-0.05, 0) is 18.4 Å². The molecule has 2 fully saturated rings. The SMILES string of the molecule is CCCCCCCCCC(=O)O[C@@H]1[C@@H](OC(=O)CCC(=O)OCc2ccccc2)[C@@H](O[C@H]2O[C@H](CO)[C@@H](O)[C@H](O)[C@H]2O)O[C@H](CO)[C@H]1OC(=O)CCCCCCC. The van der Waals surface area contributed by atoms with Crippen LogP contribution in [0.4, 0.5) is 0 Å². The molecule has 2 heterocycles. The highest BCUT2D eigenvalue weighted by atomic mass is 16.8. The quantitative estimate of drug-likeness (QED) is 0.0513. The number of unbranched alkanes of at least 4 members (excludes halogenated alkanes) is 10. The first-order chi connectivity index (χ1) is 27.5. The Morgan fingerprint density at radius 3 is 1.61 bits per heavy atom. The van der Waals surface area contributed by atoms with Gasteiger partial charge in [0.15, 0.2) is 24.6 Å². The molecule has 1 aromatic rings. The molecule has 0 aromatic heterocycles. The van der Waals surface area contributed by atoms with Gasteiger partial charge in [-0.1, -0.05) is 108 Å². The predicted molar refractivity (Wildman–Crippen MR) is 202 cm³/mol. The van der Waals surface area contributed by atoms with Crippen molar-refractivity contribution < 1.29 is 77.9 Å². The van der Waals surface area contributed by atoms with Gasteiger partial charge in [-0.3, -0.25) is 19.2 Å². The Hall–Kier alpha value is -3.22. The summed E-state index contributed by atoms with van der Waals surface area (Å²) in [5, 5.41) is 51.7. The van der Waals surface area contributed by atoms with Crippen LogP contribution in [0.1, 0.15) is 122 Å². The fourth-order valence-electron chi connectivity index (χ4n) is 6.59. The lowest BCUT2D eigenvalue weighted by Crippen LogP contribution is -2.65. The summed E-state index contributed by atoms with van der Waals surface area (Å²) >= 11 is 0. The molecule has 0 amide bonds. The van der Waals surface area contributed by atoms with Crippen molar-refractivity contribution in [1.29, 1.82) is 0 Å². The molecule has 5 N–H and O–H groups in total. The van der Waals surface area contributed by atoms with Crippen LogP contribution in [0, 0.1) is 0 Å². The lowest BCUT2D eigenvalue weighted by Gasteiger charge is -2.46. The molecule has 57 heavy (non-hydrogen) atoms. The first-order valence-corrected chi connectivity index (χ1v) is 20.5. The average Bonchev–Trinajstić information content (AvgIpc) is 3.21. The van der Waals surface area contributed by atoms with Crippen molar-refractivity contribution in [3.8, 4) is 0 Å². The highest BCUT2D eigenvalue weighted by Crippen LogP contribution is 2.33. The molecule has 10 atom stereocenters. The van der Waals surface area contributed by atoms with E-state index in [1.54, 1.807) is 24.3 Å². The van der Waals surface area contributed by atoms with E-state index in [0.29, 0.717) is 12.8 Å². The minimum Gasteiger partial charge on any atom is -0.461 e. The van der Waals surface area contributed by atoms with Crippen molar-refractivity contribution in [3.05, 3.63) is 35.9 Å². The van der Waals surface area contributed by atoms with E-state index in [2.05, 4.69) is 13.8 Å². The number of aliphatic hydroxyl groups excluding tert-OH is 5. The summed E-state index contributed by atoms with van der Waals surface area (Å²) < 4.78 is 40.1. The van der Waals surface area contributed by atoms with Crippen molar-refractivity contribution in [2.24, 2.45) is 0 Å². The second-order valence-corrected chi connectivity index (χ2v) is 14.6. The number of carbonyl (C=O) groups is 4. The number of benzene rings is 1. The van der Waals surface area contributed by atoms with Crippen molar-refractivity contribution in [2.75, 3.05) is 13.2 Å². The van der Waals surface area contributed by atoms with Crippen LogP contribution in [0.15, 0.2) is 30.3 Å². The molecule has 1 aromatic carbocycles. The Bertz CT molecular complexity index is 1310. The standard InChI is InChI=1S/C41H64O16/c1-3-5-7-9-10-12-17-21-32(46)55-38-37(54-31(45)20-16-11-8-6-4-2)29(25-43)53-41(57-40-36(50)35(49)34(48)28(24-42)52-40)39(38)56-33(47)23-22-30(44)51-26-27-18-14-13-15-19-27/h13-15,18-19,28-29,34-43,48-50H,3-12,16-17,20-26H2,1-2H3/t28-,29-,34-,35+,36-,37-,38+,39-,40-,41-/m1/s1. The van der Waals surface area contributed by atoms with Crippen LogP contribution in [0.25, 0.3) is 0 Å². The van der Waals surface area contributed by atoms with Gasteiger partial charge < -0.3 is 58.7 Å². The summed E-state index contributed by atoms with van der Waals surface area (Å²) in [5.74, 6) is -3.08. The molecule has 324 valence electrons. The minimum atomic E-state index is -1.91. The maximum atomic E-state index is 13.4. The van der Waals surface area contributed by atoms with Gasteiger partial charge in [-0.2, -0.15) is 0 Å². The summed E-state index contributed by atoms with van der Waals surface area (Å²) in [5.41, 5.74) is 0.738. The summed E-state index contributed by atoms with van der Waals surface area (Å²) in [6.07, 6.45) is -6.94. The summed E-state index contributed by atoms with van der Waals surface area (Å²) in [4.78, 5) is 52.6. The molecule has 0 spiro atoms. The number of ether oxygens (including phenoxy) is 7. The molecule has 0 aliphatic carbocycles. The van der Waals surface area contributed by atoms with Crippen LogP contribution in [-0.4, -0.2) is 124 Å². The molecule has 2 aliphatic rings. The van der Waals surface area contributed by atoms with Crippen molar-refractivity contribution >= 4 is 23.9 Å². The minimum absolute atomic E-state index is 0.0113. The van der Waals surface area contributed by atoms with Crippen molar-refractivity contribution in [3.63, 3.8) is 0 Å². The van der Waals surface area contributed by atoms with Gasteiger partial charge >= 0.3 is 23.9 Å². The van der Waals surface area contributed by atoms with E-state index in [1.165, 1.54) is 0 Å². The Kier molecular flexibility index (Phi) is 22.6. The summed E-state index contributed by atoms with van der Waals surface area (Å²) in [6.45, 7) is 2.60. The van der Waals surface area contributed by atoms with E-state index >= 15 is 0 Å². The number of aliphatic hydroxyl groups is 5. The third kappa shape index (κ3) is 16.5. The molecule has 0 bridgehead atoms. The van der Waals surface area contributed by atoms with Crippen molar-refractivity contribution in [2.45, 2.75) is 185 Å². The van der Waals surface area contributed by atoms with Crippen molar-refractivity contribution in [1.82, 2.24) is 0 Å². The summed E-state index contributed by atoms with van der Waals surface area (Å²) in [7, 11) is 0. The lowest BCUT2D eigenvalue weighted by molar-refractivity contribution is -0.377. The van der Waals surface area contributed by atoms with E-state index in [9.17, 15) is 44.7 Å². The van der Waals surface area contributed by atoms with Crippen LogP contribution in [0.5, 0.6) is 0 Å². The van der Waals surface area contributed by atoms with Gasteiger partial charge in [0.1, 0.15) is 37.1 Å². The maximum absolute atomic E-state index is 13.4. The number of hydrogen-bond donors (Lipinski definition) is 5. The largest absolute Gasteiger partial charge is 0.461 e. The zero-order valence-electron chi connectivity index (χ0n) is 33.3. The summed E-state index contributed by atoms with van der Waals surface area (Å²) in [6, 6.07) is 8.92. The molecule has 16 heteroatoms. The maximum Gasteiger partial charge on any atom is 0.306 e. The Balaban J connectivity index is 1.86. The smallest absolute Gasteiger partial charge is 0.306 e. The Morgan fingerprint density at radius 2 is 1.04 bits per heavy atom. The van der Waals surface area contributed by atoms with Gasteiger partial charge in [-0.25, -0.2) is 0 Å². The highest BCUT2D eigenvalue weighted by molar-refractivity contribution is 5.78. The zero-order chi connectivity index (χ0) is 41.6. The van der Waals surface area contributed by atoms with Gasteiger partial charge in [-0.15, -0.1) is 0 Å². The first kappa shape index (κ1) is 48.2. The van der Waals surface area contributed by atoms with Crippen LogP contribution in [0.3, 0.4) is 0 Å². The van der Waals surface area contributed by atoms with E-state index in [4.69, 9.17) is 33.2 Å². The fraction of sp³-hybridized carbons (Fsp3) is 0.756.